The van der Waals surface area contributed by atoms with Gasteiger partial charge in [0.1, 0.15) is 17.5 Å². The minimum atomic E-state index is -4.71. The van der Waals surface area contributed by atoms with Crippen molar-refractivity contribution in [2.24, 2.45) is 16.1 Å². The number of anilines is 2. The highest BCUT2D eigenvalue weighted by Gasteiger charge is 2.35. The number of carbonyl (C=O) groups is 3. The Bertz CT molecular complexity index is 2500. The molecule has 0 atom stereocenters. The fourth-order valence-electron chi connectivity index (χ4n) is 5.21. The van der Waals surface area contributed by atoms with Gasteiger partial charge in [0.25, 0.3) is 0 Å². The van der Waals surface area contributed by atoms with Gasteiger partial charge in [-0.3, -0.25) is 14.4 Å². The van der Waals surface area contributed by atoms with E-state index in [-0.39, 0.29) is 62.9 Å². The first-order valence-corrected chi connectivity index (χ1v) is 19.8. The van der Waals surface area contributed by atoms with E-state index >= 15 is 0 Å². The molecule has 0 saturated heterocycles. The standard InChI is InChI=1S/C21H20F4N4O.C14H17FO3.C8H5F3N2.CCl2S/c1-4-18(30)15-8-7-14(10-17(15)22)29-20(2,3)19(27)28-13-6-5-12(11-26)16(9-13)21(23,24)25;1-4-12(16)10-6-5-9(7-11(10)15)8-14(2,3)13(17)18;9-8(10,11)7-3-6(13)2-1-5(7)4-12;2-1(3)4/h5-10,29H,4H2,1-3H3,(H2,27,28);5-7H,4,8H2,1-3H3,(H,17,18);1-3H,13H2;. The lowest BCUT2D eigenvalue weighted by molar-refractivity contribution is -0.147. The summed E-state index contributed by atoms with van der Waals surface area (Å²) in [6.45, 7) is 9.69. The van der Waals surface area contributed by atoms with Crippen LogP contribution in [0, 0.1) is 39.7 Å². The Balaban J connectivity index is 0.000000510. The second kappa shape index (κ2) is 24.2. The number of aliphatic imine (C=N–C) groups is 1. The highest BCUT2D eigenvalue weighted by molar-refractivity contribution is 7.86. The number of carbonyl (C=O) groups excluding carboxylic acids is 2. The van der Waals surface area contributed by atoms with Crippen LogP contribution in [0.2, 0.25) is 0 Å². The zero-order valence-corrected chi connectivity index (χ0v) is 37.7. The monoisotopic (exact) mass is 972 g/mol. The third-order valence-electron chi connectivity index (χ3n) is 8.72. The maximum atomic E-state index is 14.2. The highest BCUT2D eigenvalue weighted by atomic mass is 35.5. The van der Waals surface area contributed by atoms with Crippen LogP contribution in [0.1, 0.15) is 103 Å². The number of alkyl halides is 6. The van der Waals surface area contributed by atoms with Gasteiger partial charge in [-0.15, -0.1) is 0 Å². The molecule has 0 amide bonds. The predicted molar refractivity (Wildman–Crippen MR) is 237 cm³/mol. The average Bonchev–Trinajstić information content (AvgIpc) is 3.19. The minimum Gasteiger partial charge on any atom is -0.481 e. The predicted octanol–water partition coefficient (Wildman–Crippen LogP) is 12.2. The zero-order chi connectivity index (χ0) is 50.2. The number of rotatable bonds is 11. The number of benzene rings is 4. The van der Waals surface area contributed by atoms with Gasteiger partial charge in [-0.2, -0.15) is 36.9 Å². The van der Waals surface area contributed by atoms with Crippen molar-refractivity contribution in [2.75, 3.05) is 11.1 Å². The van der Waals surface area contributed by atoms with Gasteiger partial charge < -0.3 is 21.9 Å². The van der Waals surface area contributed by atoms with Crippen LogP contribution < -0.4 is 16.8 Å². The second-order valence-electron chi connectivity index (χ2n) is 14.7. The van der Waals surface area contributed by atoms with Crippen LogP contribution >= 0.6 is 35.4 Å². The number of ketones is 2. The van der Waals surface area contributed by atoms with Gasteiger partial charge in [0.05, 0.1) is 62.2 Å². The van der Waals surface area contributed by atoms with Gasteiger partial charge in [0, 0.05) is 24.2 Å². The van der Waals surface area contributed by atoms with E-state index in [2.05, 4.69) is 22.5 Å². The van der Waals surface area contributed by atoms with Gasteiger partial charge in [0.2, 0.25) is 0 Å². The van der Waals surface area contributed by atoms with Crippen molar-refractivity contribution in [3.8, 4) is 12.1 Å². The van der Waals surface area contributed by atoms with E-state index in [0.717, 1.165) is 30.3 Å². The number of nitrogens with zero attached hydrogens (tertiary/aromatic N) is 3. The van der Waals surface area contributed by atoms with Crippen LogP contribution in [0.4, 0.5) is 52.2 Å². The summed E-state index contributed by atoms with van der Waals surface area (Å²) >= 11 is 13.6. The van der Waals surface area contributed by atoms with Gasteiger partial charge in [-0.1, -0.05) is 55.3 Å². The van der Waals surface area contributed by atoms with Crippen molar-refractivity contribution >= 4 is 79.6 Å². The number of Topliss-reactive ketones (excluding diaryl/α,β-unsaturated/α-hetero) is 2. The summed E-state index contributed by atoms with van der Waals surface area (Å²) in [6, 6.07) is 17.3. The van der Waals surface area contributed by atoms with E-state index in [1.807, 2.05) is 0 Å². The van der Waals surface area contributed by atoms with Gasteiger partial charge in [-0.05, 0) is 106 Å². The molecule has 0 aliphatic rings. The Labute approximate surface area is 384 Å². The number of amidine groups is 1. The largest absolute Gasteiger partial charge is 0.481 e. The van der Waals surface area contributed by atoms with E-state index in [1.54, 1.807) is 47.6 Å². The molecule has 0 fully saturated rings. The lowest BCUT2D eigenvalue weighted by Crippen LogP contribution is -2.45. The SMILES string of the molecule is CCC(=O)c1ccc(CC(C)(C)C(=O)O)cc1F.CCC(=O)c1ccc(NC(C)(C)C(N)=Nc2ccc(C#N)c(C(F)(F)F)c2)cc1F.N#Cc1ccc(N)cc1C(F)(F)F.S=C(Cl)Cl. The molecule has 0 aliphatic carbocycles. The molecule has 0 aliphatic heterocycles. The molecule has 10 nitrogen and oxygen atoms in total. The number of carboxylic acid groups (broad SMARTS) is 1. The quantitative estimate of drug-likeness (QED) is 0.0214. The first-order valence-electron chi connectivity index (χ1n) is 18.7. The van der Waals surface area contributed by atoms with E-state index in [4.69, 9.17) is 50.3 Å². The highest BCUT2D eigenvalue weighted by Crippen LogP contribution is 2.35. The number of halogens is 10. The smallest absolute Gasteiger partial charge is 0.417 e. The molecule has 4 aromatic rings. The maximum Gasteiger partial charge on any atom is 0.417 e. The summed E-state index contributed by atoms with van der Waals surface area (Å²) in [5.41, 5.74) is 6.96. The van der Waals surface area contributed by atoms with E-state index in [9.17, 15) is 49.5 Å². The second-order valence-corrected chi connectivity index (χ2v) is 16.5. The molecule has 348 valence electrons. The Morgan fingerprint density at radius 1 is 0.754 bits per heavy atom. The fraction of sp³-hybridized carbons (Fsp3) is 0.295. The van der Waals surface area contributed by atoms with Crippen molar-refractivity contribution in [3.05, 3.63) is 123 Å². The number of nitriles is 2. The van der Waals surface area contributed by atoms with E-state index in [1.165, 1.54) is 48.5 Å². The number of carboxylic acids is 1. The summed E-state index contributed by atoms with van der Waals surface area (Å²) in [6.07, 6.45) is -8.61. The van der Waals surface area contributed by atoms with Crippen molar-refractivity contribution in [2.45, 2.75) is 78.7 Å². The third kappa shape index (κ3) is 18.1. The third-order valence-corrected chi connectivity index (χ3v) is 8.72. The molecule has 21 heteroatoms. The number of thiocarbonyl (C=S) groups is 1. The molecule has 0 spiro atoms. The number of aliphatic carboxylic acids is 1. The molecule has 4 rings (SSSR count). The molecule has 0 heterocycles. The summed E-state index contributed by atoms with van der Waals surface area (Å²) in [4.78, 5) is 38.1. The number of nitrogens with two attached hydrogens (primary N) is 2. The van der Waals surface area contributed by atoms with E-state index in [0.29, 0.717) is 11.3 Å². The van der Waals surface area contributed by atoms with Gasteiger partial charge in [-0.25, -0.2) is 13.8 Å². The van der Waals surface area contributed by atoms with Crippen molar-refractivity contribution in [3.63, 3.8) is 0 Å². The summed E-state index contributed by atoms with van der Waals surface area (Å²) in [5, 5.41) is 29.2. The molecule has 6 N–H and O–H groups in total. The van der Waals surface area contributed by atoms with Crippen molar-refractivity contribution in [1.29, 1.82) is 10.5 Å². The summed E-state index contributed by atoms with van der Waals surface area (Å²) in [5.74, 6) is -2.86. The molecule has 65 heavy (non-hydrogen) atoms. The fourth-order valence-corrected chi connectivity index (χ4v) is 5.21. The van der Waals surface area contributed by atoms with Gasteiger partial charge >= 0.3 is 18.3 Å². The normalized spacial score (nSPS) is 11.4. The van der Waals surface area contributed by atoms with Crippen LogP contribution in [0.5, 0.6) is 0 Å². The zero-order valence-electron chi connectivity index (χ0n) is 35.4. The Morgan fingerprint density at radius 3 is 1.62 bits per heavy atom. The van der Waals surface area contributed by atoms with Crippen LogP contribution in [0.25, 0.3) is 0 Å². The minimum absolute atomic E-state index is 0.00803. The van der Waals surface area contributed by atoms with Gasteiger partial charge in [0.15, 0.2) is 15.3 Å². The number of nitrogens with one attached hydrogen (secondary N) is 1. The topological polar surface area (TPSA) is 195 Å². The lowest BCUT2D eigenvalue weighted by atomic mass is 9.85. The van der Waals surface area contributed by atoms with Crippen LogP contribution in [-0.2, 0) is 23.6 Å². The first-order chi connectivity index (χ1) is 29.8. The molecular weight excluding hydrogens is 931 g/mol. The Kier molecular flexibility index (Phi) is 21.2. The van der Waals surface area contributed by atoms with Crippen LogP contribution in [0.3, 0.4) is 0 Å². The molecule has 0 saturated carbocycles. The van der Waals surface area contributed by atoms with Crippen molar-refractivity contribution in [1.82, 2.24) is 0 Å². The molecule has 0 aromatic heterocycles. The number of hydrogen-bond donors (Lipinski definition) is 4. The molecule has 0 radical (unpaired) electrons. The summed E-state index contributed by atoms with van der Waals surface area (Å²) in [7, 11) is 0. The maximum absolute atomic E-state index is 14.2. The number of hydrogen-bond acceptors (Lipinski definition) is 9. The van der Waals surface area contributed by atoms with Crippen LogP contribution in [-0.4, -0.2) is 37.8 Å². The molecular formula is C44H42Cl2F8N6O4S. The lowest BCUT2D eigenvalue weighted by Gasteiger charge is -2.27. The van der Waals surface area contributed by atoms with Crippen LogP contribution in [0.15, 0.2) is 77.8 Å². The number of nitrogen functional groups attached to an aromatic ring is 1. The molecule has 4 aromatic carbocycles. The van der Waals surface area contributed by atoms with Crippen molar-refractivity contribution < 1.29 is 54.6 Å². The molecule has 0 bridgehead atoms. The first kappa shape index (κ1) is 56.9. The summed E-state index contributed by atoms with van der Waals surface area (Å²) < 4.78 is 104. The Hall–Kier alpha value is -6.15. The molecule has 0 unspecified atom stereocenters. The van der Waals surface area contributed by atoms with E-state index < -0.39 is 63.2 Å². The average molecular weight is 974 g/mol. The Morgan fingerprint density at radius 2 is 1.20 bits per heavy atom.